The summed E-state index contributed by atoms with van der Waals surface area (Å²) in [7, 11) is 0. The van der Waals surface area contributed by atoms with Crippen molar-refractivity contribution in [2.24, 2.45) is 0 Å². The third-order valence-corrected chi connectivity index (χ3v) is 6.17. The molecular formula is C26H20Cl2N4O2. The Balaban J connectivity index is 1.83. The minimum atomic E-state index is -0.190. The Morgan fingerprint density at radius 1 is 0.971 bits per heavy atom. The van der Waals surface area contributed by atoms with Crippen molar-refractivity contribution in [1.82, 2.24) is 19.7 Å². The molecule has 0 amide bonds. The zero-order valence-corrected chi connectivity index (χ0v) is 20.0. The molecule has 6 nitrogen and oxygen atoms in total. The van der Waals surface area contributed by atoms with E-state index in [0.29, 0.717) is 38.3 Å². The van der Waals surface area contributed by atoms with Crippen LogP contribution in [0.4, 0.5) is 0 Å². The average Bonchev–Trinajstić information content (AvgIpc) is 3.34. The first-order chi connectivity index (χ1) is 16.4. The molecule has 0 N–H and O–H groups in total. The molecule has 3 heterocycles. The first-order valence-electron chi connectivity index (χ1n) is 10.8. The van der Waals surface area contributed by atoms with E-state index in [-0.39, 0.29) is 18.0 Å². The van der Waals surface area contributed by atoms with Crippen LogP contribution in [0.2, 0.25) is 10.0 Å². The molecule has 2 aromatic carbocycles. The number of rotatable bonds is 5. The van der Waals surface area contributed by atoms with Crippen molar-refractivity contribution in [1.29, 1.82) is 0 Å². The molecule has 0 fully saturated rings. The van der Waals surface area contributed by atoms with Crippen LogP contribution in [-0.4, -0.2) is 19.7 Å². The standard InChI is InChI=1S/C26H20Cl2N4O2/c1-15(2)25-30-24-21(26(33)32(25)14-18-11-12-34-31-18)13-20(16-7-9-17(27)10-8-16)23(29-24)19-5-3-4-6-22(19)28/h3-13,15H,14H2,1-2H3. The molecule has 5 aromatic rings. The highest BCUT2D eigenvalue weighted by atomic mass is 35.5. The van der Waals surface area contributed by atoms with Gasteiger partial charge in [0.25, 0.3) is 5.56 Å². The van der Waals surface area contributed by atoms with E-state index in [1.54, 1.807) is 22.8 Å². The summed E-state index contributed by atoms with van der Waals surface area (Å²) in [5.74, 6) is 0.614. The second-order valence-electron chi connectivity index (χ2n) is 8.25. The van der Waals surface area contributed by atoms with E-state index < -0.39 is 0 Å². The molecule has 8 heteroatoms. The van der Waals surface area contributed by atoms with Crippen LogP contribution in [0.3, 0.4) is 0 Å². The van der Waals surface area contributed by atoms with Crippen LogP contribution in [0.15, 0.2) is 76.2 Å². The lowest BCUT2D eigenvalue weighted by Crippen LogP contribution is -2.27. The summed E-state index contributed by atoms with van der Waals surface area (Å²) in [6.45, 7) is 4.24. The molecule has 34 heavy (non-hydrogen) atoms. The van der Waals surface area contributed by atoms with Crippen LogP contribution >= 0.6 is 23.2 Å². The highest BCUT2D eigenvalue weighted by Crippen LogP contribution is 2.36. The second-order valence-corrected chi connectivity index (χ2v) is 9.09. The smallest absolute Gasteiger partial charge is 0.263 e. The van der Waals surface area contributed by atoms with E-state index in [4.69, 9.17) is 37.7 Å². The Kier molecular flexibility index (Phi) is 5.94. The van der Waals surface area contributed by atoms with Crippen LogP contribution in [0.1, 0.15) is 31.3 Å². The Bertz CT molecular complexity index is 1540. The van der Waals surface area contributed by atoms with Gasteiger partial charge in [0.2, 0.25) is 0 Å². The van der Waals surface area contributed by atoms with Crippen molar-refractivity contribution < 1.29 is 4.52 Å². The highest BCUT2D eigenvalue weighted by molar-refractivity contribution is 6.33. The molecule has 0 aliphatic carbocycles. The zero-order chi connectivity index (χ0) is 23.8. The number of nitrogens with zero attached hydrogens (tertiary/aromatic N) is 4. The van der Waals surface area contributed by atoms with Gasteiger partial charge in [-0.3, -0.25) is 9.36 Å². The number of benzene rings is 2. The van der Waals surface area contributed by atoms with Gasteiger partial charge in [0.1, 0.15) is 17.8 Å². The number of aromatic nitrogens is 4. The minimum absolute atomic E-state index is 0.00879. The lowest BCUT2D eigenvalue weighted by atomic mass is 9.98. The molecule has 0 saturated heterocycles. The molecule has 0 radical (unpaired) electrons. The number of hydrogen-bond acceptors (Lipinski definition) is 5. The van der Waals surface area contributed by atoms with Gasteiger partial charge in [-0.05, 0) is 29.8 Å². The van der Waals surface area contributed by atoms with Crippen LogP contribution in [-0.2, 0) is 6.54 Å². The van der Waals surface area contributed by atoms with Crippen molar-refractivity contribution in [3.05, 3.63) is 98.8 Å². The van der Waals surface area contributed by atoms with Crippen molar-refractivity contribution in [2.45, 2.75) is 26.3 Å². The van der Waals surface area contributed by atoms with Crippen LogP contribution in [0.5, 0.6) is 0 Å². The van der Waals surface area contributed by atoms with Gasteiger partial charge in [-0.1, -0.05) is 72.5 Å². The molecule has 5 rings (SSSR count). The normalized spacial score (nSPS) is 11.4. The number of fused-ring (bicyclic) bond motifs is 1. The fourth-order valence-electron chi connectivity index (χ4n) is 3.95. The van der Waals surface area contributed by atoms with Crippen LogP contribution in [0, 0.1) is 0 Å². The fourth-order valence-corrected chi connectivity index (χ4v) is 4.30. The molecule has 0 aliphatic rings. The summed E-state index contributed by atoms with van der Waals surface area (Å²) in [5.41, 5.74) is 3.86. The van der Waals surface area contributed by atoms with Gasteiger partial charge in [-0.15, -0.1) is 0 Å². The van der Waals surface area contributed by atoms with Gasteiger partial charge in [0, 0.05) is 33.2 Å². The molecule has 170 valence electrons. The lowest BCUT2D eigenvalue weighted by molar-refractivity contribution is 0.408. The third kappa shape index (κ3) is 4.11. The van der Waals surface area contributed by atoms with E-state index in [1.807, 2.05) is 56.3 Å². The van der Waals surface area contributed by atoms with Crippen LogP contribution < -0.4 is 5.56 Å². The van der Waals surface area contributed by atoms with E-state index in [1.165, 1.54) is 6.26 Å². The summed E-state index contributed by atoms with van der Waals surface area (Å²) in [6.07, 6.45) is 1.49. The summed E-state index contributed by atoms with van der Waals surface area (Å²) in [4.78, 5) is 23.4. The van der Waals surface area contributed by atoms with E-state index >= 15 is 0 Å². The Labute approximate surface area is 205 Å². The van der Waals surface area contributed by atoms with Crippen molar-refractivity contribution in [3.63, 3.8) is 0 Å². The SMILES string of the molecule is CC(C)c1nc2nc(-c3ccccc3Cl)c(-c3ccc(Cl)cc3)cc2c(=O)n1Cc1ccon1. The molecule has 0 saturated carbocycles. The van der Waals surface area contributed by atoms with Gasteiger partial charge in [0.15, 0.2) is 5.65 Å². The second kappa shape index (κ2) is 9.05. The summed E-state index contributed by atoms with van der Waals surface area (Å²) in [6, 6.07) is 18.5. The monoisotopic (exact) mass is 490 g/mol. The Morgan fingerprint density at radius 3 is 2.41 bits per heavy atom. The van der Waals surface area contributed by atoms with Crippen molar-refractivity contribution in [2.75, 3.05) is 0 Å². The van der Waals surface area contributed by atoms with Crippen molar-refractivity contribution in [3.8, 4) is 22.4 Å². The summed E-state index contributed by atoms with van der Waals surface area (Å²) >= 11 is 12.7. The van der Waals surface area contributed by atoms with Gasteiger partial charge in [0.05, 0.1) is 17.6 Å². The molecule has 0 unspecified atom stereocenters. The number of hydrogen-bond donors (Lipinski definition) is 0. The number of pyridine rings is 1. The Hall–Kier alpha value is -3.48. The van der Waals surface area contributed by atoms with Gasteiger partial charge in [-0.25, -0.2) is 9.97 Å². The minimum Gasteiger partial charge on any atom is -0.364 e. The van der Waals surface area contributed by atoms with E-state index in [9.17, 15) is 4.79 Å². The fraction of sp³-hybridized carbons (Fsp3) is 0.154. The molecule has 3 aromatic heterocycles. The highest BCUT2D eigenvalue weighted by Gasteiger charge is 2.20. The summed E-state index contributed by atoms with van der Waals surface area (Å²) in [5, 5.41) is 5.56. The molecule has 0 bridgehead atoms. The molecule has 0 atom stereocenters. The lowest BCUT2D eigenvalue weighted by Gasteiger charge is -2.17. The van der Waals surface area contributed by atoms with Crippen LogP contribution in [0.25, 0.3) is 33.4 Å². The van der Waals surface area contributed by atoms with E-state index in [0.717, 1.165) is 16.7 Å². The number of halogens is 2. The largest absolute Gasteiger partial charge is 0.364 e. The maximum Gasteiger partial charge on any atom is 0.263 e. The summed E-state index contributed by atoms with van der Waals surface area (Å²) < 4.78 is 6.59. The predicted molar refractivity (Wildman–Crippen MR) is 134 cm³/mol. The maximum absolute atomic E-state index is 13.7. The Morgan fingerprint density at radius 2 is 1.74 bits per heavy atom. The topological polar surface area (TPSA) is 73.8 Å². The van der Waals surface area contributed by atoms with Crippen molar-refractivity contribution >= 4 is 34.2 Å². The van der Waals surface area contributed by atoms with Gasteiger partial charge in [-0.2, -0.15) is 0 Å². The first kappa shape index (κ1) is 22.3. The zero-order valence-electron chi connectivity index (χ0n) is 18.5. The molecule has 0 aliphatic heterocycles. The quantitative estimate of drug-likeness (QED) is 0.277. The average molecular weight is 491 g/mol. The molecular weight excluding hydrogens is 471 g/mol. The maximum atomic E-state index is 13.7. The van der Waals surface area contributed by atoms with Gasteiger partial charge >= 0.3 is 0 Å². The molecule has 0 spiro atoms. The predicted octanol–water partition coefficient (Wildman–Crippen LogP) is 6.59. The van der Waals surface area contributed by atoms with E-state index in [2.05, 4.69) is 5.16 Å². The van der Waals surface area contributed by atoms with Gasteiger partial charge < -0.3 is 4.52 Å². The first-order valence-corrected chi connectivity index (χ1v) is 11.5. The third-order valence-electron chi connectivity index (χ3n) is 5.59.